The summed E-state index contributed by atoms with van der Waals surface area (Å²) < 4.78 is 24.2. The summed E-state index contributed by atoms with van der Waals surface area (Å²) in [6.07, 6.45) is 3.27. The maximum absolute atomic E-state index is 11.5. The molecule has 0 aromatic carbocycles. The first-order chi connectivity index (χ1) is 7.93. The Bertz CT molecular complexity index is 356. The van der Waals surface area contributed by atoms with E-state index in [2.05, 4.69) is 10.6 Å². The third-order valence-electron chi connectivity index (χ3n) is 2.82. The zero-order valence-electron chi connectivity index (χ0n) is 10.4. The van der Waals surface area contributed by atoms with E-state index < -0.39 is 10.0 Å². The van der Waals surface area contributed by atoms with Gasteiger partial charge in [0.2, 0.25) is 15.9 Å². The van der Waals surface area contributed by atoms with Gasteiger partial charge in [-0.2, -0.15) is 0 Å². The van der Waals surface area contributed by atoms with Crippen LogP contribution in [0.15, 0.2) is 0 Å². The molecule has 0 aromatic heterocycles. The van der Waals surface area contributed by atoms with E-state index in [-0.39, 0.29) is 11.9 Å². The highest BCUT2D eigenvalue weighted by Crippen LogP contribution is 2.12. The Morgan fingerprint density at radius 2 is 2.18 bits per heavy atom. The number of hydrogen-bond donors (Lipinski definition) is 2. The van der Waals surface area contributed by atoms with E-state index >= 15 is 0 Å². The van der Waals surface area contributed by atoms with Crippen molar-refractivity contribution in [3.8, 4) is 0 Å². The van der Waals surface area contributed by atoms with Gasteiger partial charge in [-0.3, -0.25) is 4.79 Å². The molecule has 1 amide bonds. The van der Waals surface area contributed by atoms with Gasteiger partial charge in [0.25, 0.3) is 0 Å². The zero-order chi connectivity index (χ0) is 12.9. The Hall–Kier alpha value is -0.660. The summed E-state index contributed by atoms with van der Waals surface area (Å²) in [6, 6.07) is -0.0529. The van der Waals surface area contributed by atoms with Crippen molar-refractivity contribution in [2.45, 2.75) is 25.3 Å². The zero-order valence-corrected chi connectivity index (χ0v) is 11.2. The summed E-state index contributed by atoms with van der Waals surface area (Å²) in [5.74, 6) is -0.0281. The van der Waals surface area contributed by atoms with E-state index in [0.29, 0.717) is 26.1 Å². The highest BCUT2D eigenvalue weighted by atomic mass is 32.2. The third-order valence-corrected chi connectivity index (χ3v) is 4.09. The molecule has 0 radical (unpaired) electrons. The second-order valence-corrected chi connectivity index (χ2v) is 6.36. The molecule has 100 valence electrons. The average Bonchev–Trinajstić information content (AvgIpc) is 2.25. The van der Waals surface area contributed by atoms with Crippen molar-refractivity contribution in [2.24, 2.45) is 0 Å². The van der Waals surface area contributed by atoms with Gasteiger partial charge in [0.15, 0.2) is 0 Å². The lowest BCUT2D eigenvalue weighted by Gasteiger charge is -2.31. The Kier molecular flexibility index (Phi) is 5.35. The molecular weight excluding hydrogens is 242 g/mol. The van der Waals surface area contributed by atoms with Crippen LogP contribution in [-0.4, -0.2) is 57.6 Å². The molecule has 0 aliphatic carbocycles. The van der Waals surface area contributed by atoms with Crippen molar-refractivity contribution in [2.75, 3.05) is 32.9 Å². The van der Waals surface area contributed by atoms with Gasteiger partial charge in [-0.05, 0) is 19.9 Å². The van der Waals surface area contributed by atoms with Crippen LogP contribution >= 0.6 is 0 Å². The summed E-state index contributed by atoms with van der Waals surface area (Å²) in [5, 5.41) is 5.77. The van der Waals surface area contributed by atoms with Crippen molar-refractivity contribution >= 4 is 15.9 Å². The number of nitrogens with one attached hydrogen (secondary N) is 2. The predicted octanol–water partition coefficient (Wildman–Crippen LogP) is -0.864. The number of carbonyl (C=O) groups excluding carboxylic acids is 1. The van der Waals surface area contributed by atoms with Crippen LogP contribution in [0.25, 0.3) is 0 Å². The number of amides is 1. The molecule has 7 heteroatoms. The van der Waals surface area contributed by atoms with Crippen LogP contribution in [-0.2, 0) is 14.8 Å². The van der Waals surface area contributed by atoms with Gasteiger partial charge in [-0.15, -0.1) is 0 Å². The van der Waals surface area contributed by atoms with Crippen LogP contribution in [0, 0.1) is 0 Å². The second kappa shape index (κ2) is 6.32. The van der Waals surface area contributed by atoms with Gasteiger partial charge in [0, 0.05) is 32.1 Å². The predicted molar refractivity (Wildman–Crippen MR) is 66.1 cm³/mol. The molecule has 1 aliphatic rings. The fourth-order valence-corrected chi connectivity index (χ4v) is 2.81. The molecule has 6 nitrogen and oxygen atoms in total. The maximum atomic E-state index is 11.5. The number of carbonyl (C=O) groups is 1. The van der Waals surface area contributed by atoms with E-state index in [1.165, 1.54) is 10.6 Å². The molecular formula is C10H21N3O3S. The van der Waals surface area contributed by atoms with E-state index in [4.69, 9.17) is 0 Å². The number of rotatable bonds is 5. The summed E-state index contributed by atoms with van der Waals surface area (Å²) >= 11 is 0. The van der Waals surface area contributed by atoms with E-state index in [1.54, 1.807) is 7.05 Å². The van der Waals surface area contributed by atoms with Crippen molar-refractivity contribution in [3.05, 3.63) is 0 Å². The minimum Gasteiger partial charge on any atom is -0.352 e. The molecule has 1 heterocycles. The summed E-state index contributed by atoms with van der Waals surface area (Å²) in [4.78, 5) is 11.5. The van der Waals surface area contributed by atoms with E-state index in [1.807, 2.05) is 0 Å². The van der Waals surface area contributed by atoms with Gasteiger partial charge in [0.05, 0.1) is 6.26 Å². The quantitative estimate of drug-likeness (QED) is 0.676. The van der Waals surface area contributed by atoms with E-state index in [9.17, 15) is 13.2 Å². The molecule has 0 spiro atoms. The first kappa shape index (κ1) is 14.4. The lowest BCUT2D eigenvalue weighted by molar-refractivity contribution is -0.121. The highest BCUT2D eigenvalue weighted by molar-refractivity contribution is 7.88. The Morgan fingerprint density at radius 3 is 2.76 bits per heavy atom. The topological polar surface area (TPSA) is 78.5 Å². The standard InChI is InChI=1S/C10H21N3O3S/c1-11-6-5-10(14)12-9-4-3-7-13(8-9)17(2,15)16/h9,11H,3-8H2,1-2H3,(H,12,14). The van der Waals surface area contributed by atoms with Crippen LogP contribution in [0.3, 0.4) is 0 Å². The Labute approximate surface area is 103 Å². The molecule has 1 fully saturated rings. The van der Waals surface area contributed by atoms with Crippen LogP contribution in [0.2, 0.25) is 0 Å². The van der Waals surface area contributed by atoms with Crippen molar-refractivity contribution < 1.29 is 13.2 Å². The molecule has 0 aromatic rings. The van der Waals surface area contributed by atoms with Crippen molar-refractivity contribution in [1.82, 2.24) is 14.9 Å². The first-order valence-corrected chi connectivity index (χ1v) is 7.67. The molecule has 0 saturated carbocycles. The SMILES string of the molecule is CNCCC(=O)NC1CCCN(S(C)(=O)=O)C1. The minimum absolute atomic E-state index is 0.0281. The molecule has 0 bridgehead atoms. The highest BCUT2D eigenvalue weighted by Gasteiger charge is 2.26. The lowest BCUT2D eigenvalue weighted by Crippen LogP contribution is -2.49. The number of nitrogens with zero attached hydrogens (tertiary/aromatic N) is 1. The van der Waals surface area contributed by atoms with Crippen LogP contribution in [0.1, 0.15) is 19.3 Å². The van der Waals surface area contributed by atoms with Gasteiger partial charge in [0.1, 0.15) is 0 Å². The van der Waals surface area contributed by atoms with Crippen molar-refractivity contribution in [3.63, 3.8) is 0 Å². The molecule has 1 atom stereocenters. The Morgan fingerprint density at radius 1 is 1.47 bits per heavy atom. The van der Waals surface area contributed by atoms with E-state index in [0.717, 1.165) is 12.8 Å². The second-order valence-electron chi connectivity index (χ2n) is 4.38. The normalized spacial score (nSPS) is 22.4. The minimum atomic E-state index is -3.14. The number of hydrogen-bond acceptors (Lipinski definition) is 4. The molecule has 1 unspecified atom stereocenters. The first-order valence-electron chi connectivity index (χ1n) is 5.82. The van der Waals surface area contributed by atoms with Crippen molar-refractivity contribution in [1.29, 1.82) is 0 Å². The monoisotopic (exact) mass is 263 g/mol. The third kappa shape index (κ3) is 5.01. The average molecular weight is 263 g/mol. The fraction of sp³-hybridized carbons (Fsp3) is 0.900. The van der Waals surface area contributed by atoms with Gasteiger partial charge >= 0.3 is 0 Å². The lowest BCUT2D eigenvalue weighted by atomic mass is 10.1. The molecule has 1 rings (SSSR count). The van der Waals surface area contributed by atoms with Gasteiger partial charge in [-0.1, -0.05) is 0 Å². The van der Waals surface area contributed by atoms with Crippen LogP contribution in [0.5, 0.6) is 0 Å². The molecule has 1 saturated heterocycles. The van der Waals surface area contributed by atoms with Gasteiger partial charge < -0.3 is 10.6 Å². The summed E-state index contributed by atoms with van der Waals surface area (Å²) in [6.45, 7) is 1.58. The van der Waals surface area contributed by atoms with Crippen LogP contribution in [0.4, 0.5) is 0 Å². The van der Waals surface area contributed by atoms with Gasteiger partial charge in [-0.25, -0.2) is 12.7 Å². The fourth-order valence-electron chi connectivity index (χ4n) is 1.90. The number of piperidine rings is 1. The molecule has 2 N–H and O–H groups in total. The van der Waals surface area contributed by atoms with Crippen LogP contribution < -0.4 is 10.6 Å². The summed E-state index contributed by atoms with van der Waals surface area (Å²) in [5.41, 5.74) is 0. The maximum Gasteiger partial charge on any atom is 0.221 e. The number of sulfonamides is 1. The largest absolute Gasteiger partial charge is 0.352 e. The molecule has 1 aliphatic heterocycles. The Balaban J connectivity index is 2.42. The molecule has 17 heavy (non-hydrogen) atoms. The smallest absolute Gasteiger partial charge is 0.221 e. The summed E-state index contributed by atoms with van der Waals surface area (Å²) in [7, 11) is -1.35.